The lowest BCUT2D eigenvalue weighted by molar-refractivity contribution is -0.142. The van der Waals surface area contributed by atoms with E-state index in [1.165, 1.54) is 0 Å². The van der Waals surface area contributed by atoms with Crippen LogP contribution in [0.3, 0.4) is 0 Å². The van der Waals surface area contributed by atoms with Crippen molar-refractivity contribution in [1.82, 2.24) is 10.6 Å². The molecule has 0 aliphatic carbocycles. The molecule has 1 aromatic carbocycles. The van der Waals surface area contributed by atoms with E-state index in [2.05, 4.69) is 10.6 Å². The van der Waals surface area contributed by atoms with Gasteiger partial charge in [0.2, 0.25) is 11.8 Å². The highest BCUT2D eigenvalue weighted by atomic mass is 32.2. The summed E-state index contributed by atoms with van der Waals surface area (Å²) in [5.41, 5.74) is 0.824. The summed E-state index contributed by atoms with van der Waals surface area (Å²) in [6.45, 7) is 7.85. The van der Waals surface area contributed by atoms with Crippen LogP contribution in [0.2, 0.25) is 0 Å². The minimum absolute atomic E-state index is 0.184. The molecule has 6 nitrogen and oxygen atoms in total. The molecular formula is C21H34N2O4S. The van der Waals surface area contributed by atoms with Crippen molar-refractivity contribution in [2.75, 3.05) is 12.0 Å². The molecule has 158 valence electrons. The molecule has 0 aliphatic rings. The standard InChI is InChI=1S/C19H28N2O4S.C2H6/c1-13(2)11-17(22)20-15(9-10-26-3)18(23)21-16(19(24)25)12-14-7-5-4-6-8-14;1-2/h4-8,13,15-16H,9-12H2,1-3H3,(H,20,22)(H,21,23)(H,24,25);1-2H3/t15-,16-;/m0./s1. The summed E-state index contributed by atoms with van der Waals surface area (Å²) in [6, 6.07) is 7.36. The second-order valence-electron chi connectivity index (χ2n) is 6.59. The van der Waals surface area contributed by atoms with Gasteiger partial charge in [-0.25, -0.2) is 4.79 Å². The summed E-state index contributed by atoms with van der Waals surface area (Å²) in [4.78, 5) is 36.1. The predicted molar refractivity (Wildman–Crippen MR) is 115 cm³/mol. The summed E-state index contributed by atoms with van der Waals surface area (Å²) in [5.74, 6) is -0.879. The third-order valence-electron chi connectivity index (χ3n) is 3.75. The van der Waals surface area contributed by atoms with Gasteiger partial charge in [0.15, 0.2) is 0 Å². The number of hydrogen-bond acceptors (Lipinski definition) is 4. The molecule has 0 fully saturated rings. The number of carboxylic acid groups (broad SMARTS) is 1. The molecule has 7 heteroatoms. The van der Waals surface area contributed by atoms with E-state index in [1.807, 2.05) is 64.3 Å². The summed E-state index contributed by atoms with van der Waals surface area (Å²) in [7, 11) is 0. The minimum atomic E-state index is -1.10. The van der Waals surface area contributed by atoms with E-state index in [1.54, 1.807) is 11.8 Å². The highest BCUT2D eigenvalue weighted by Crippen LogP contribution is 2.07. The first-order chi connectivity index (χ1) is 13.3. The van der Waals surface area contributed by atoms with Gasteiger partial charge in [0.05, 0.1) is 0 Å². The van der Waals surface area contributed by atoms with Gasteiger partial charge in [-0.1, -0.05) is 58.0 Å². The van der Waals surface area contributed by atoms with Gasteiger partial charge in [0.1, 0.15) is 12.1 Å². The van der Waals surface area contributed by atoms with Gasteiger partial charge >= 0.3 is 5.97 Å². The van der Waals surface area contributed by atoms with E-state index in [-0.39, 0.29) is 18.2 Å². The SMILES string of the molecule is CC.CSCC[C@H](NC(=O)CC(C)C)C(=O)N[C@@H](Cc1ccccc1)C(=O)O. The van der Waals surface area contributed by atoms with Gasteiger partial charge < -0.3 is 15.7 Å². The average Bonchev–Trinajstić information content (AvgIpc) is 2.66. The summed E-state index contributed by atoms with van der Waals surface area (Å²) in [5, 5.41) is 14.7. The Labute approximate surface area is 172 Å². The fourth-order valence-corrected chi connectivity index (χ4v) is 2.92. The lowest BCUT2D eigenvalue weighted by Gasteiger charge is -2.22. The topological polar surface area (TPSA) is 95.5 Å². The summed E-state index contributed by atoms with van der Waals surface area (Å²) < 4.78 is 0. The van der Waals surface area contributed by atoms with Gasteiger partial charge in [0.25, 0.3) is 0 Å². The van der Waals surface area contributed by atoms with Crippen LogP contribution in [0.4, 0.5) is 0 Å². The lowest BCUT2D eigenvalue weighted by Crippen LogP contribution is -2.52. The van der Waals surface area contributed by atoms with E-state index in [9.17, 15) is 19.5 Å². The van der Waals surface area contributed by atoms with E-state index >= 15 is 0 Å². The maximum Gasteiger partial charge on any atom is 0.326 e. The Kier molecular flexibility index (Phi) is 13.9. The summed E-state index contributed by atoms with van der Waals surface area (Å²) in [6.07, 6.45) is 2.89. The van der Waals surface area contributed by atoms with Crippen molar-refractivity contribution in [3.63, 3.8) is 0 Å². The van der Waals surface area contributed by atoms with Crippen LogP contribution in [-0.4, -0.2) is 47.0 Å². The molecule has 3 N–H and O–H groups in total. The van der Waals surface area contributed by atoms with Crippen LogP contribution in [-0.2, 0) is 20.8 Å². The molecular weight excluding hydrogens is 376 g/mol. The smallest absolute Gasteiger partial charge is 0.326 e. The van der Waals surface area contributed by atoms with Crippen LogP contribution in [0, 0.1) is 5.92 Å². The molecule has 1 aromatic rings. The fourth-order valence-electron chi connectivity index (χ4n) is 2.45. The van der Waals surface area contributed by atoms with Gasteiger partial charge in [-0.15, -0.1) is 0 Å². The molecule has 0 unspecified atom stereocenters. The zero-order chi connectivity index (χ0) is 21.5. The molecule has 1 rings (SSSR count). The van der Waals surface area contributed by atoms with Crippen LogP contribution < -0.4 is 10.6 Å². The lowest BCUT2D eigenvalue weighted by atomic mass is 10.0. The van der Waals surface area contributed by atoms with Crippen molar-refractivity contribution >= 4 is 29.5 Å². The molecule has 0 saturated carbocycles. The number of amides is 2. The number of rotatable bonds is 11. The molecule has 0 aliphatic heterocycles. The van der Waals surface area contributed by atoms with Gasteiger partial charge in [-0.2, -0.15) is 11.8 Å². The number of carbonyl (C=O) groups excluding carboxylic acids is 2. The van der Waals surface area contributed by atoms with Gasteiger partial charge in [-0.3, -0.25) is 9.59 Å². The molecule has 28 heavy (non-hydrogen) atoms. The second kappa shape index (κ2) is 15.0. The average molecular weight is 411 g/mol. The third-order valence-corrected chi connectivity index (χ3v) is 4.40. The molecule has 0 aromatic heterocycles. The molecule has 0 bridgehead atoms. The minimum Gasteiger partial charge on any atom is -0.480 e. The largest absolute Gasteiger partial charge is 0.480 e. The number of benzene rings is 1. The predicted octanol–water partition coefficient (Wildman–Crippen LogP) is 3.11. The van der Waals surface area contributed by atoms with Crippen molar-refractivity contribution < 1.29 is 19.5 Å². The van der Waals surface area contributed by atoms with Crippen molar-refractivity contribution in [2.24, 2.45) is 5.92 Å². The van der Waals surface area contributed by atoms with E-state index in [0.29, 0.717) is 18.6 Å². The van der Waals surface area contributed by atoms with Gasteiger partial charge in [0, 0.05) is 12.8 Å². The third kappa shape index (κ3) is 11.0. The molecule has 0 radical (unpaired) electrons. The Morgan fingerprint density at radius 1 is 1.04 bits per heavy atom. The van der Waals surface area contributed by atoms with Gasteiger partial charge in [-0.05, 0) is 29.9 Å². The molecule has 2 amide bonds. The maximum absolute atomic E-state index is 12.6. The van der Waals surface area contributed by atoms with Crippen molar-refractivity contribution in [3.8, 4) is 0 Å². The fraction of sp³-hybridized carbons (Fsp3) is 0.571. The molecule has 0 heterocycles. The zero-order valence-electron chi connectivity index (χ0n) is 17.5. The van der Waals surface area contributed by atoms with Crippen molar-refractivity contribution in [2.45, 2.75) is 59.0 Å². The zero-order valence-corrected chi connectivity index (χ0v) is 18.3. The van der Waals surface area contributed by atoms with Crippen LogP contribution in [0.25, 0.3) is 0 Å². The van der Waals surface area contributed by atoms with Crippen LogP contribution in [0.1, 0.15) is 46.1 Å². The van der Waals surface area contributed by atoms with Crippen molar-refractivity contribution in [1.29, 1.82) is 0 Å². The maximum atomic E-state index is 12.6. The van der Waals surface area contributed by atoms with Crippen LogP contribution in [0.15, 0.2) is 30.3 Å². The Balaban J connectivity index is 0.00000352. The molecule has 2 atom stereocenters. The van der Waals surface area contributed by atoms with Crippen molar-refractivity contribution in [3.05, 3.63) is 35.9 Å². The monoisotopic (exact) mass is 410 g/mol. The second-order valence-corrected chi connectivity index (χ2v) is 7.57. The number of carbonyl (C=O) groups is 3. The van der Waals surface area contributed by atoms with E-state index in [0.717, 1.165) is 5.56 Å². The highest BCUT2D eigenvalue weighted by molar-refractivity contribution is 7.98. The Morgan fingerprint density at radius 3 is 2.14 bits per heavy atom. The molecule has 0 saturated heterocycles. The first-order valence-corrected chi connectivity index (χ1v) is 11.1. The Hall–Kier alpha value is -2.02. The highest BCUT2D eigenvalue weighted by Gasteiger charge is 2.26. The number of nitrogens with one attached hydrogen (secondary N) is 2. The first-order valence-electron chi connectivity index (χ1n) is 9.68. The Morgan fingerprint density at radius 2 is 1.64 bits per heavy atom. The Bertz CT molecular complexity index is 593. The van der Waals surface area contributed by atoms with Crippen LogP contribution >= 0.6 is 11.8 Å². The molecule has 0 spiro atoms. The quantitative estimate of drug-likeness (QED) is 0.521. The van der Waals surface area contributed by atoms with E-state index in [4.69, 9.17) is 0 Å². The summed E-state index contributed by atoms with van der Waals surface area (Å²) >= 11 is 1.57. The first kappa shape index (κ1) is 26.0. The normalized spacial score (nSPS) is 12.4. The number of hydrogen-bond donors (Lipinski definition) is 3. The number of thioether (sulfide) groups is 1. The van der Waals surface area contributed by atoms with E-state index < -0.39 is 24.0 Å². The van der Waals surface area contributed by atoms with Crippen LogP contribution in [0.5, 0.6) is 0 Å². The number of carboxylic acids is 1. The number of aliphatic carboxylic acids is 1.